The second kappa shape index (κ2) is 3.60. The summed E-state index contributed by atoms with van der Waals surface area (Å²) in [5.41, 5.74) is -0.820. The molecule has 2 aliphatic rings. The molecule has 5 heteroatoms. The number of fused-ring (bicyclic) bond motifs is 1. The number of carboxylic acid groups (broad SMARTS) is 1. The van der Waals surface area contributed by atoms with Crippen LogP contribution in [-0.2, 0) is 4.79 Å². The zero-order chi connectivity index (χ0) is 13.7. The standard InChI is InChI=1S/C13H17NO4/c1-12(2,3)13-6-4-5-9(13)14(11(17)18)10(16)8(13)7-15/h4-5,7,9,15H,6H2,1-3H3,(H,17,18). The fraction of sp³-hybridized carbons (Fsp3) is 0.538. The molecule has 1 aliphatic heterocycles. The van der Waals surface area contributed by atoms with Crippen LogP contribution in [0.5, 0.6) is 0 Å². The van der Waals surface area contributed by atoms with E-state index in [1.807, 2.05) is 26.8 Å². The molecule has 0 aromatic heterocycles. The molecular weight excluding hydrogens is 234 g/mol. The van der Waals surface area contributed by atoms with Gasteiger partial charge in [0, 0.05) is 5.41 Å². The van der Waals surface area contributed by atoms with E-state index in [1.54, 1.807) is 6.08 Å². The molecule has 1 saturated heterocycles. The Labute approximate surface area is 105 Å². The number of aliphatic hydroxyl groups is 1. The summed E-state index contributed by atoms with van der Waals surface area (Å²) in [4.78, 5) is 24.2. The smallest absolute Gasteiger partial charge is 0.414 e. The number of nitrogens with zero attached hydrogens (tertiary/aromatic N) is 1. The first-order chi connectivity index (χ1) is 8.27. The maximum Gasteiger partial charge on any atom is 0.414 e. The van der Waals surface area contributed by atoms with Crippen LogP contribution in [-0.4, -0.2) is 33.2 Å². The van der Waals surface area contributed by atoms with Crippen molar-refractivity contribution in [1.82, 2.24) is 4.90 Å². The summed E-state index contributed by atoms with van der Waals surface area (Å²) in [5, 5.41) is 18.6. The highest BCUT2D eigenvalue weighted by Crippen LogP contribution is 2.59. The summed E-state index contributed by atoms with van der Waals surface area (Å²) in [6.45, 7) is 5.86. The number of hydrogen-bond donors (Lipinski definition) is 2. The van der Waals surface area contributed by atoms with Gasteiger partial charge >= 0.3 is 6.09 Å². The van der Waals surface area contributed by atoms with Crippen molar-refractivity contribution in [2.45, 2.75) is 33.2 Å². The SMILES string of the molecule is CC(C)(C)C12CC=CC1N(C(=O)O)C(=O)C2=CO. The van der Waals surface area contributed by atoms with Crippen molar-refractivity contribution in [2.75, 3.05) is 0 Å². The van der Waals surface area contributed by atoms with Gasteiger partial charge in [0.15, 0.2) is 0 Å². The van der Waals surface area contributed by atoms with Crippen LogP contribution in [0.4, 0.5) is 4.79 Å². The summed E-state index contributed by atoms with van der Waals surface area (Å²) < 4.78 is 0. The number of amides is 2. The van der Waals surface area contributed by atoms with Crippen LogP contribution in [0.2, 0.25) is 0 Å². The van der Waals surface area contributed by atoms with Crippen LogP contribution >= 0.6 is 0 Å². The van der Waals surface area contributed by atoms with E-state index in [9.17, 15) is 19.8 Å². The van der Waals surface area contributed by atoms with Gasteiger partial charge in [0.1, 0.15) is 0 Å². The molecule has 0 aromatic rings. The van der Waals surface area contributed by atoms with Gasteiger partial charge in [-0.1, -0.05) is 32.9 Å². The lowest BCUT2D eigenvalue weighted by molar-refractivity contribution is -0.123. The minimum absolute atomic E-state index is 0.187. The molecule has 2 atom stereocenters. The van der Waals surface area contributed by atoms with Crippen LogP contribution in [0.25, 0.3) is 0 Å². The third kappa shape index (κ3) is 1.27. The van der Waals surface area contributed by atoms with Crippen molar-refractivity contribution in [2.24, 2.45) is 10.8 Å². The fourth-order valence-electron chi connectivity index (χ4n) is 3.22. The topological polar surface area (TPSA) is 77.8 Å². The Balaban J connectivity index is 2.65. The second-order valence-corrected chi connectivity index (χ2v) is 5.80. The average molecular weight is 251 g/mol. The lowest BCUT2D eigenvalue weighted by Crippen LogP contribution is -2.45. The van der Waals surface area contributed by atoms with Crippen molar-refractivity contribution in [3.05, 3.63) is 24.0 Å². The average Bonchev–Trinajstić information content (AvgIpc) is 2.71. The molecule has 1 aliphatic carbocycles. The minimum Gasteiger partial charge on any atom is -0.515 e. The van der Waals surface area contributed by atoms with Gasteiger partial charge in [0.2, 0.25) is 0 Å². The molecule has 0 spiro atoms. The molecule has 98 valence electrons. The molecule has 5 nitrogen and oxygen atoms in total. The highest BCUT2D eigenvalue weighted by Gasteiger charge is 2.63. The van der Waals surface area contributed by atoms with Crippen LogP contribution < -0.4 is 0 Å². The van der Waals surface area contributed by atoms with Gasteiger partial charge in [-0.3, -0.25) is 4.79 Å². The number of rotatable bonds is 0. The van der Waals surface area contributed by atoms with E-state index in [4.69, 9.17) is 0 Å². The van der Waals surface area contributed by atoms with Crippen LogP contribution in [0.15, 0.2) is 24.0 Å². The second-order valence-electron chi connectivity index (χ2n) is 5.80. The number of carbonyl (C=O) groups excluding carboxylic acids is 1. The molecule has 18 heavy (non-hydrogen) atoms. The first-order valence-electron chi connectivity index (χ1n) is 5.85. The number of aliphatic hydroxyl groups excluding tert-OH is 1. The van der Waals surface area contributed by atoms with E-state index in [2.05, 4.69) is 0 Å². The maximum absolute atomic E-state index is 12.1. The predicted molar refractivity (Wildman–Crippen MR) is 65.0 cm³/mol. The molecule has 2 rings (SSSR count). The van der Waals surface area contributed by atoms with Crippen LogP contribution in [0, 0.1) is 10.8 Å². The first-order valence-corrected chi connectivity index (χ1v) is 5.85. The van der Waals surface area contributed by atoms with Gasteiger partial charge in [-0.05, 0) is 11.8 Å². The summed E-state index contributed by atoms with van der Waals surface area (Å²) in [7, 11) is 0. The molecule has 0 aromatic carbocycles. The molecule has 1 fully saturated rings. The van der Waals surface area contributed by atoms with Crippen LogP contribution in [0.1, 0.15) is 27.2 Å². The van der Waals surface area contributed by atoms with E-state index in [-0.39, 0.29) is 11.0 Å². The van der Waals surface area contributed by atoms with Gasteiger partial charge in [-0.25, -0.2) is 9.69 Å². The summed E-state index contributed by atoms with van der Waals surface area (Å²) in [6.07, 6.45) is 3.68. The minimum atomic E-state index is -1.28. The zero-order valence-corrected chi connectivity index (χ0v) is 10.7. The van der Waals surface area contributed by atoms with Crippen molar-refractivity contribution < 1.29 is 19.8 Å². The zero-order valence-electron chi connectivity index (χ0n) is 10.7. The molecular formula is C13H17NO4. The van der Waals surface area contributed by atoms with Gasteiger partial charge in [0.25, 0.3) is 5.91 Å². The monoisotopic (exact) mass is 251 g/mol. The van der Waals surface area contributed by atoms with Crippen molar-refractivity contribution >= 4 is 12.0 Å². The van der Waals surface area contributed by atoms with E-state index in [0.29, 0.717) is 6.42 Å². The van der Waals surface area contributed by atoms with Crippen molar-refractivity contribution in [3.8, 4) is 0 Å². The summed E-state index contributed by atoms with van der Waals surface area (Å²) in [5.74, 6) is -0.616. The van der Waals surface area contributed by atoms with Crippen molar-refractivity contribution in [3.63, 3.8) is 0 Å². The quantitative estimate of drug-likeness (QED) is 0.393. The van der Waals surface area contributed by atoms with Gasteiger partial charge < -0.3 is 10.2 Å². The van der Waals surface area contributed by atoms with E-state index < -0.39 is 23.5 Å². The maximum atomic E-state index is 12.1. The Hall–Kier alpha value is -1.78. The van der Waals surface area contributed by atoms with Gasteiger partial charge in [-0.2, -0.15) is 0 Å². The van der Waals surface area contributed by atoms with Crippen LogP contribution in [0.3, 0.4) is 0 Å². The number of allylic oxidation sites excluding steroid dienone is 1. The molecule has 0 saturated carbocycles. The third-order valence-corrected chi connectivity index (χ3v) is 4.14. The number of likely N-dealkylation sites (tertiary alicyclic amines) is 1. The first kappa shape index (κ1) is 12.7. The molecule has 0 bridgehead atoms. The summed E-state index contributed by atoms with van der Waals surface area (Å²) in [6, 6.07) is -0.527. The number of carbonyl (C=O) groups is 2. The van der Waals surface area contributed by atoms with Gasteiger partial charge in [-0.15, -0.1) is 0 Å². The van der Waals surface area contributed by atoms with E-state index >= 15 is 0 Å². The molecule has 0 radical (unpaired) electrons. The molecule has 1 heterocycles. The molecule has 2 N–H and O–H groups in total. The fourth-order valence-corrected chi connectivity index (χ4v) is 3.22. The number of hydrogen-bond acceptors (Lipinski definition) is 3. The predicted octanol–water partition coefficient (Wildman–Crippen LogP) is 2.31. The molecule has 2 unspecified atom stereocenters. The number of imide groups is 1. The lowest BCUT2D eigenvalue weighted by atomic mass is 9.60. The molecule has 2 amide bonds. The highest BCUT2D eigenvalue weighted by atomic mass is 16.4. The Morgan fingerprint density at radius 3 is 2.61 bits per heavy atom. The Morgan fingerprint density at radius 1 is 1.56 bits per heavy atom. The normalized spacial score (nSPS) is 33.3. The van der Waals surface area contributed by atoms with Crippen molar-refractivity contribution in [1.29, 1.82) is 0 Å². The van der Waals surface area contributed by atoms with Gasteiger partial charge in [0.05, 0.1) is 17.9 Å². The Bertz CT molecular complexity index is 472. The Kier molecular flexibility index (Phi) is 2.54. The largest absolute Gasteiger partial charge is 0.515 e. The van der Waals surface area contributed by atoms with E-state index in [1.165, 1.54) is 0 Å². The Morgan fingerprint density at radius 2 is 2.17 bits per heavy atom. The highest BCUT2D eigenvalue weighted by molar-refractivity contribution is 6.06. The lowest BCUT2D eigenvalue weighted by Gasteiger charge is -2.42. The third-order valence-electron chi connectivity index (χ3n) is 4.14. The summed E-state index contributed by atoms with van der Waals surface area (Å²) >= 11 is 0. The van der Waals surface area contributed by atoms with E-state index in [0.717, 1.165) is 11.2 Å².